The molecule has 1 aromatic heterocycles. The molecule has 4 nitrogen and oxygen atoms in total. The van der Waals surface area contributed by atoms with Crippen LogP contribution in [-0.4, -0.2) is 24.1 Å². The fourth-order valence-electron chi connectivity index (χ4n) is 2.27. The number of methoxy groups -OCH3 is 1. The number of ether oxygens (including phenoxy) is 1. The summed E-state index contributed by atoms with van der Waals surface area (Å²) in [5, 5.41) is 5.97. The second-order valence-electron chi connectivity index (χ2n) is 4.69. The Morgan fingerprint density at radius 1 is 1.53 bits per heavy atom. The second kappa shape index (κ2) is 5.04. The van der Waals surface area contributed by atoms with E-state index in [1.807, 2.05) is 0 Å². The van der Waals surface area contributed by atoms with Gasteiger partial charge in [-0.1, -0.05) is 13.8 Å². The summed E-state index contributed by atoms with van der Waals surface area (Å²) >= 11 is 1.46. The number of hydrogen-bond donors (Lipinski definition) is 1. The van der Waals surface area contributed by atoms with Gasteiger partial charge in [0.2, 0.25) is 0 Å². The Bertz CT molecular complexity index is 405. The van der Waals surface area contributed by atoms with Crippen molar-refractivity contribution in [1.82, 2.24) is 4.98 Å². The molecule has 1 aromatic rings. The van der Waals surface area contributed by atoms with Gasteiger partial charge in [0, 0.05) is 11.4 Å². The van der Waals surface area contributed by atoms with E-state index in [2.05, 4.69) is 28.9 Å². The average molecular weight is 254 g/mol. The Morgan fingerprint density at radius 3 is 2.88 bits per heavy atom. The van der Waals surface area contributed by atoms with Gasteiger partial charge < -0.3 is 10.1 Å². The fourth-order valence-corrected chi connectivity index (χ4v) is 3.01. The molecule has 1 aliphatic carbocycles. The highest BCUT2D eigenvalue weighted by Crippen LogP contribution is 2.33. The van der Waals surface area contributed by atoms with Crippen molar-refractivity contribution >= 4 is 22.4 Å². The highest BCUT2D eigenvalue weighted by Gasteiger charge is 2.30. The molecule has 5 heteroatoms. The smallest absolute Gasteiger partial charge is 0.357 e. The molecule has 3 unspecified atom stereocenters. The third-order valence-corrected chi connectivity index (χ3v) is 4.45. The van der Waals surface area contributed by atoms with Crippen LogP contribution in [0.1, 0.15) is 37.2 Å². The quantitative estimate of drug-likeness (QED) is 0.843. The molecule has 0 aromatic carbocycles. The molecule has 1 N–H and O–H groups in total. The van der Waals surface area contributed by atoms with Gasteiger partial charge in [-0.15, -0.1) is 11.3 Å². The van der Waals surface area contributed by atoms with Gasteiger partial charge in [0.1, 0.15) is 0 Å². The van der Waals surface area contributed by atoms with Gasteiger partial charge in [-0.05, 0) is 24.7 Å². The van der Waals surface area contributed by atoms with Crippen LogP contribution in [0.3, 0.4) is 0 Å². The molecule has 1 saturated carbocycles. The van der Waals surface area contributed by atoms with Gasteiger partial charge in [0.25, 0.3) is 0 Å². The van der Waals surface area contributed by atoms with Crippen LogP contribution < -0.4 is 5.32 Å². The highest BCUT2D eigenvalue weighted by molar-refractivity contribution is 7.13. The average Bonchev–Trinajstić information content (AvgIpc) is 2.91. The minimum Gasteiger partial charge on any atom is -0.464 e. The Kier molecular flexibility index (Phi) is 3.66. The normalized spacial score (nSPS) is 28.1. The molecule has 1 aliphatic rings. The van der Waals surface area contributed by atoms with Crippen molar-refractivity contribution < 1.29 is 9.53 Å². The number of hydrogen-bond acceptors (Lipinski definition) is 5. The van der Waals surface area contributed by atoms with E-state index >= 15 is 0 Å². The zero-order valence-corrected chi connectivity index (χ0v) is 11.2. The molecule has 94 valence electrons. The first-order valence-corrected chi connectivity index (χ1v) is 6.80. The molecule has 0 saturated heterocycles. The highest BCUT2D eigenvalue weighted by atomic mass is 32.1. The zero-order chi connectivity index (χ0) is 12.4. The first kappa shape index (κ1) is 12.4. The fraction of sp³-hybridized carbons (Fsp3) is 0.667. The lowest BCUT2D eigenvalue weighted by molar-refractivity contribution is 0.0595. The maximum absolute atomic E-state index is 11.3. The summed E-state index contributed by atoms with van der Waals surface area (Å²) in [6, 6.07) is 0.474. The Balaban J connectivity index is 2.00. The molecule has 0 spiro atoms. The van der Waals surface area contributed by atoms with Crippen molar-refractivity contribution in [3.8, 4) is 0 Å². The van der Waals surface area contributed by atoms with Gasteiger partial charge in [0.15, 0.2) is 10.8 Å². The largest absolute Gasteiger partial charge is 0.464 e. The summed E-state index contributed by atoms with van der Waals surface area (Å²) in [6.45, 7) is 4.55. The number of thiazole rings is 1. The molecule has 1 heterocycles. The Morgan fingerprint density at radius 2 is 2.29 bits per heavy atom. The van der Waals surface area contributed by atoms with E-state index in [9.17, 15) is 4.79 Å². The monoisotopic (exact) mass is 254 g/mol. The second-order valence-corrected chi connectivity index (χ2v) is 5.55. The van der Waals surface area contributed by atoms with Gasteiger partial charge in [-0.3, -0.25) is 0 Å². The zero-order valence-electron chi connectivity index (χ0n) is 10.4. The first-order valence-electron chi connectivity index (χ1n) is 5.92. The van der Waals surface area contributed by atoms with Gasteiger partial charge in [0.05, 0.1) is 7.11 Å². The van der Waals surface area contributed by atoms with E-state index in [1.165, 1.54) is 31.3 Å². The van der Waals surface area contributed by atoms with E-state index in [-0.39, 0.29) is 5.97 Å². The van der Waals surface area contributed by atoms with Crippen molar-refractivity contribution in [3.05, 3.63) is 11.1 Å². The van der Waals surface area contributed by atoms with E-state index < -0.39 is 0 Å². The molecule has 0 amide bonds. The van der Waals surface area contributed by atoms with Crippen molar-refractivity contribution in [2.45, 2.75) is 32.7 Å². The maximum atomic E-state index is 11.3. The predicted octanol–water partition coefficient (Wildman–Crippen LogP) is 2.78. The van der Waals surface area contributed by atoms with E-state index in [4.69, 9.17) is 0 Å². The number of esters is 1. The first-order chi connectivity index (χ1) is 8.11. The molecule has 0 bridgehead atoms. The van der Waals surface area contributed by atoms with Crippen LogP contribution in [0.4, 0.5) is 5.13 Å². The number of nitrogens with one attached hydrogen (secondary N) is 1. The number of anilines is 1. The predicted molar refractivity (Wildman–Crippen MR) is 68.4 cm³/mol. The molecule has 3 atom stereocenters. The molecule has 1 fully saturated rings. The summed E-state index contributed by atoms with van der Waals surface area (Å²) in [5.74, 6) is 1.04. The van der Waals surface area contributed by atoms with Crippen molar-refractivity contribution in [3.63, 3.8) is 0 Å². The molecule has 2 rings (SSSR count). The van der Waals surface area contributed by atoms with Crippen LogP contribution in [0, 0.1) is 11.8 Å². The summed E-state index contributed by atoms with van der Waals surface area (Å²) < 4.78 is 4.64. The molecule has 0 radical (unpaired) electrons. The topological polar surface area (TPSA) is 51.2 Å². The number of carbonyl (C=O) groups is 1. The van der Waals surface area contributed by atoms with Crippen LogP contribution in [-0.2, 0) is 4.74 Å². The third kappa shape index (κ3) is 2.60. The summed E-state index contributed by atoms with van der Waals surface area (Å²) in [4.78, 5) is 15.5. The minimum absolute atomic E-state index is 0.373. The molecule has 17 heavy (non-hydrogen) atoms. The lowest BCUT2D eigenvalue weighted by Crippen LogP contribution is -2.23. The number of rotatable bonds is 3. The molecule has 0 aliphatic heterocycles. The molecular weight excluding hydrogens is 236 g/mol. The summed E-state index contributed by atoms with van der Waals surface area (Å²) in [6.07, 6.45) is 2.43. The number of carbonyl (C=O) groups excluding carboxylic acids is 1. The Hall–Kier alpha value is -1.10. The van der Waals surface area contributed by atoms with E-state index in [1.54, 1.807) is 5.38 Å². The summed E-state index contributed by atoms with van der Waals surface area (Å²) in [7, 11) is 1.37. The molecular formula is C12H18N2O2S. The van der Waals surface area contributed by atoms with Gasteiger partial charge in [-0.25, -0.2) is 9.78 Å². The maximum Gasteiger partial charge on any atom is 0.357 e. The van der Waals surface area contributed by atoms with Crippen molar-refractivity contribution in [2.75, 3.05) is 12.4 Å². The van der Waals surface area contributed by atoms with Gasteiger partial charge in [-0.2, -0.15) is 0 Å². The van der Waals surface area contributed by atoms with Crippen LogP contribution in [0.25, 0.3) is 0 Å². The SMILES string of the molecule is COC(=O)c1csc(NC2CCC(C)C2C)n1. The van der Waals surface area contributed by atoms with E-state index in [0.29, 0.717) is 17.7 Å². The standard InChI is InChI=1S/C12H18N2O2S/c1-7-4-5-9(8(7)2)13-12-14-10(6-17-12)11(15)16-3/h6-9H,4-5H2,1-3H3,(H,13,14). The van der Waals surface area contributed by atoms with Crippen LogP contribution in [0.15, 0.2) is 5.38 Å². The Labute approximate surface area is 105 Å². The van der Waals surface area contributed by atoms with Gasteiger partial charge >= 0.3 is 5.97 Å². The lowest BCUT2D eigenvalue weighted by atomic mass is 9.98. The van der Waals surface area contributed by atoms with Crippen molar-refractivity contribution in [2.24, 2.45) is 11.8 Å². The minimum atomic E-state index is -0.373. The van der Waals surface area contributed by atoms with Crippen LogP contribution >= 0.6 is 11.3 Å². The number of nitrogens with zero attached hydrogens (tertiary/aromatic N) is 1. The van der Waals surface area contributed by atoms with Crippen LogP contribution in [0.2, 0.25) is 0 Å². The lowest BCUT2D eigenvalue weighted by Gasteiger charge is -2.18. The third-order valence-electron chi connectivity index (χ3n) is 3.67. The van der Waals surface area contributed by atoms with Crippen molar-refractivity contribution in [1.29, 1.82) is 0 Å². The van der Waals surface area contributed by atoms with E-state index in [0.717, 1.165) is 11.0 Å². The van der Waals surface area contributed by atoms with Crippen LogP contribution in [0.5, 0.6) is 0 Å². The summed E-state index contributed by atoms with van der Waals surface area (Å²) in [5.41, 5.74) is 0.388. The number of aromatic nitrogens is 1.